The summed E-state index contributed by atoms with van der Waals surface area (Å²) < 4.78 is 14.0. The van der Waals surface area contributed by atoms with Gasteiger partial charge in [-0.15, -0.1) is 0 Å². The Hall–Kier alpha value is -0.890. The van der Waals surface area contributed by atoms with Crippen molar-refractivity contribution in [1.29, 1.82) is 0 Å². The Morgan fingerprint density at radius 2 is 2.17 bits per heavy atom. The molecule has 1 nitrogen and oxygen atoms in total. The van der Waals surface area contributed by atoms with E-state index in [-0.39, 0.29) is 5.82 Å². The van der Waals surface area contributed by atoms with Gasteiger partial charge in [-0.1, -0.05) is 31.5 Å². The van der Waals surface area contributed by atoms with Crippen molar-refractivity contribution in [1.82, 2.24) is 5.32 Å². The van der Waals surface area contributed by atoms with Crippen molar-refractivity contribution in [3.8, 4) is 0 Å². The van der Waals surface area contributed by atoms with Crippen molar-refractivity contribution in [2.24, 2.45) is 11.8 Å². The van der Waals surface area contributed by atoms with Gasteiger partial charge < -0.3 is 5.32 Å². The molecule has 1 heterocycles. The molecule has 2 heteroatoms. The molecule has 0 aliphatic carbocycles. The fourth-order valence-corrected chi connectivity index (χ4v) is 3.13. The lowest BCUT2D eigenvalue weighted by Gasteiger charge is -2.34. The molecule has 0 aromatic heterocycles. The Bertz CT molecular complexity index is 400. The fourth-order valence-electron chi connectivity index (χ4n) is 3.13. The van der Waals surface area contributed by atoms with E-state index in [1.54, 1.807) is 6.07 Å². The number of hydrogen-bond donors (Lipinski definition) is 1. The van der Waals surface area contributed by atoms with E-state index in [9.17, 15) is 4.39 Å². The molecule has 0 amide bonds. The number of halogens is 1. The summed E-state index contributed by atoms with van der Waals surface area (Å²) in [7, 11) is 0. The highest BCUT2D eigenvalue weighted by Gasteiger charge is 2.28. The first-order valence-corrected chi connectivity index (χ1v) is 7.04. The van der Waals surface area contributed by atoms with E-state index in [2.05, 4.69) is 19.2 Å². The van der Waals surface area contributed by atoms with Crippen molar-refractivity contribution in [2.45, 2.75) is 39.5 Å². The first-order valence-electron chi connectivity index (χ1n) is 7.04. The van der Waals surface area contributed by atoms with Gasteiger partial charge in [-0.05, 0) is 62.2 Å². The highest BCUT2D eigenvalue weighted by atomic mass is 19.1. The Kier molecular flexibility index (Phi) is 4.39. The molecule has 1 aromatic rings. The second-order valence-corrected chi connectivity index (χ2v) is 6.01. The van der Waals surface area contributed by atoms with Gasteiger partial charge in [-0.2, -0.15) is 0 Å². The van der Waals surface area contributed by atoms with E-state index in [4.69, 9.17) is 0 Å². The van der Waals surface area contributed by atoms with Gasteiger partial charge in [-0.25, -0.2) is 4.39 Å². The number of nitrogens with one attached hydrogen (secondary N) is 1. The Balaban J connectivity index is 2.24. The van der Waals surface area contributed by atoms with Gasteiger partial charge in [0.2, 0.25) is 0 Å². The molecule has 1 fully saturated rings. The highest BCUT2D eigenvalue weighted by Crippen LogP contribution is 2.35. The maximum Gasteiger partial charge on any atom is 0.126 e. The van der Waals surface area contributed by atoms with Crippen LogP contribution in [-0.2, 0) is 0 Å². The van der Waals surface area contributed by atoms with E-state index in [1.165, 1.54) is 6.42 Å². The lowest BCUT2D eigenvalue weighted by Crippen LogP contribution is -2.36. The molecule has 0 bridgehead atoms. The first kappa shape index (κ1) is 13.5. The summed E-state index contributed by atoms with van der Waals surface area (Å²) in [6.45, 7) is 8.57. The molecule has 1 N–H and O–H groups in total. The Labute approximate surface area is 110 Å². The summed E-state index contributed by atoms with van der Waals surface area (Å²) in [5, 5.41) is 3.45. The van der Waals surface area contributed by atoms with Crippen LogP contribution in [0.15, 0.2) is 18.2 Å². The SMILES string of the molecule is Cc1ccc(F)c(C2CCNCC2CC(C)C)c1. The summed E-state index contributed by atoms with van der Waals surface area (Å²) in [6, 6.07) is 5.52. The van der Waals surface area contributed by atoms with Crippen molar-refractivity contribution in [3.63, 3.8) is 0 Å². The third kappa shape index (κ3) is 3.11. The summed E-state index contributed by atoms with van der Waals surface area (Å²) >= 11 is 0. The van der Waals surface area contributed by atoms with E-state index in [1.807, 2.05) is 19.1 Å². The van der Waals surface area contributed by atoms with E-state index in [0.29, 0.717) is 17.8 Å². The van der Waals surface area contributed by atoms with Crippen LogP contribution in [0.5, 0.6) is 0 Å². The lowest BCUT2D eigenvalue weighted by atomic mass is 9.77. The number of aryl methyl sites for hydroxylation is 1. The van der Waals surface area contributed by atoms with Gasteiger partial charge in [0.25, 0.3) is 0 Å². The molecular formula is C16H24FN. The highest BCUT2D eigenvalue weighted by molar-refractivity contribution is 5.28. The van der Waals surface area contributed by atoms with Crippen LogP contribution in [-0.4, -0.2) is 13.1 Å². The molecule has 1 saturated heterocycles. The van der Waals surface area contributed by atoms with E-state index in [0.717, 1.165) is 30.6 Å². The third-order valence-electron chi connectivity index (χ3n) is 3.93. The monoisotopic (exact) mass is 249 g/mol. The fraction of sp³-hybridized carbons (Fsp3) is 0.625. The molecule has 2 atom stereocenters. The van der Waals surface area contributed by atoms with Gasteiger partial charge >= 0.3 is 0 Å². The Morgan fingerprint density at radius 3 is 2.89 bits per heavy atom. The summed E-state index contributed by atoms with van der Waals surface area (Å²) in [6.07, 6.45) is 2.23. The van der Waals surface area contributed by atoms with Gasteiger partial charge in [0, 0.05) is 0 Å². The smallest absolute Gasteiger partial charge is 0.126 e. The van der Waals surface area contributed by atoms with Crippen LogP contribution in [0.4, 0.5) is 4.39 Å². The summed E-state index contributed by atoms with van der Waals surface area (Å²) in [4.78, 5) is 0. The van der Waals surface area contributed by atoms with Crippen LogP contribution in [0.2, 0.25) is 0 Å². The number of benzene rings is 1. The first-order chi connectivity index (χ1) is 8.58. The van der Waals surface area contributed by atoms with Crippen molar-refractivity contribution >= 4 is 0 Å². The minimum atomic E-state index is -0.0266. The van der Waals surface area contributed by atoms with Crippen molar-refractivity contribution < 1.29 is 4.39 Å². The van der Waals surface area contributed by atoms with Gasteiger partial charge in [0.05, 0.1) is 0 Å². The number of hydrogen-bond acceptors (Lipinski definition) is 1. The maximum atomic E-state index is 14.0. The van der Waals surface area contributed by atoms with Crippen LogP contribution < -0.4 is 5.32 Å². The second-order valence-electron chi connectivity index (χ2n) is 6.01. The quantitative estimate of drug-likeness (QED) is 0.857. The minimum Gasteiger partial charge on any atom is -0.316 e. The molecule has 2 unspecified atom stereocenters. The van der Waals surface area contributed by atoms with Crippen molar-refractivity contribution in [2.75, 3.05) is 13.1 Å². The van der Waals surface area contributed by atoms with E-state index >= 15 is 0 Å². The van der Waals surface area contributed by atoms with Crippen LogP contribution in [0.25, 0.3) is 0 Å². The molecule has 1 aliphatic heterocycles. The Morgan fingerprint density at radius 1 is 1.39 bits per heavy atom. The summed E-state index contributed by atoms with van der Waals surface area (Å²) in [5.41, 5.74) is 2.09. The minimum absolute atomic E-state index is 0.0266. The number of rotatable bonds is 3. The zero-order valence-corrected chi connectivity index (χ0v) is 11.7. The molecule has 1 aromatic carbocycles. The normalized spacial score (nSPS) is 24.5. The van der Waals surface area contributed by atoms with Crippen molar-refractivity contribution in [3.05, 3.63) is 35.1 Å². The molecule has 100 valence electrons. The summed E-state index contributed by atoms with van der Waals surface area (Å²) in [5.74, 6) is 1.59. The molecule has 0 saturated carbocycles. The van der Waals surface area contributed by atoms with Gasteiger partial charge in [0.15, 0.2) is 0 Å². The van der Waals surface area contributed by atoms with Gasteiger partial charge in [-0.3, -0.25) is 0 Å². The molecule has 18 heavy (non-hydrogen) atoms. The average molecular weight is 249 g/mol. The van der Waals surface area contributed by atoms with Crippen LogP contribution in [0, 0.1) is 24.6 Å². The maximum absolute atomic E-state index is 14.0. The largest absolute Gasteiger partial charge is 0.316 e. The van der Waals surface area contributed by atoms with Crippen LogP contribution >= 0.6 is 0 Å². The van der Waals surface area contributed by atoms with Crippen LogP contribution in [0.3, 0.4) is 0 Å². The second kappa shape index (κ2) is 5.83. The molecule has 0 spiro atoms. The van der Waals surface area contributed by atoms with Gasteiger partial charge in [0.1, 0.15) is 5.82 Å². The molecule has 2 rings (SSSR count). The van der Waals surface area contributed by atoms with E-state index < -0.39 is 0 Å². The molecule has 0 radical (unpaired) electrons. The zero-order chi connectivity index (χ0) is 13.1. The predicted octanol–water partition coefficient (Wildman–Crippen LogP) is 3.87. The van der Waals surface area contributed by atoms with Crippen LogP contribution in [0.1, 0.15) is 43.7 Å². The lowest BCUT2D eigenvalue weighted by molar-refractivity contribution is 0.275. The molecular weight excluding hydrogens is 225 g/mol. The third-order valence-corrected chi connectivity index (χ3v) is 3.93. The predicted molar refractivity (Wildman–Crippen MR) is 74.3 cm³/mol. The average Bonchev–Trinajstić information content (AvgIpc) is 2.32. The standard InChI is InChI=1S/C16H24FN/c1-11(2)8-13-10-18-7-6-14(13)15-9-12(3)4-5-16(15)17/h4-5,9,11,13-14,18H,6-8,10H2,1-3H3. The zero-order valence-electron chi connectivity index (χ0n) is 11.7. The topological polar surface area (TPSA) is 12.0 Å². The number of piperidine rings is 1. The molecule has 1 aliphatic rings.